The molecule has 8 nitrogen and oxygen atoms in total. The van der Waals surface area contributed by atoms with Crippen LogP contribution in [-0.2, 0) is 0 Å². The van der Waals surface area contributed by atoms with Crippen LogP contribution in [-0.4, -0.2) is 31.1 Å². The van der Waals surface area contributed by atoms with Gasteiger partial charge in [-0.25, -0.2) is 9.67 Å². The molecule has 31 heavy (non-hydrogen) atoms. The summed E-state index contributed by atoms with van der Waals surface area (Å²) < 4.78 is 7.87. The number of hydrogen-bond donors (Lipinski definition) is 1. The van der Waals surface area contributed by atoms with Gasteiger partial charge in [0.15, 0.2) is 11.5 Å². The van der Waals surface area contributed by atoms with Crippen molar-refractivity contribution in [2.24, 2.45) is 0 Å². The zero-order valence-corrected chi connectivity index (χ0v) is 16.7. The van der Waals surface area contributed by atoms with Crippen LogP contribution in [0.4, 0.5) is 5.69 Å². The lowest BCUT2D eigenvalue weighted by Crippen LogP contribution is -2.14. The van der Waals surface area contributed by atoms with Crippen LogP contribution >= 0.6 is 0 Å². The van der Waals surface area contributed by atoms with E-state index in [-0.39, 0.29) is 11.8 Å². The zero-order valence-electron chi connectivity index (χ0n) is 16.7. The van der Waals surface area contributed by atoms with E-state index in [1.807, 2.05) is 59.3 Å². The van der Waals surface area contributed by atoms with Crippen molar-refractivity contribution in [2.45, 2.75) is 37.6 Å². The topological polar surface area (TPSA) is 98.7 Å². The molecule has 0 radical (unpaired) electrons. The molecular weight excluding hydrogens is 392 g/mol. The second-order valence-corrected chi connectivity index (χ2v) is 8.09. The summed E-state index contributed by atoms with van der Waals surface area (Å²) in [5.41, 5.74) is 2.74. The highest BCUT2D eigenvalue weighted by molar-refractivity contribution is 6.04. The second kappa shape index (κ2) is 7.16. The molecular formula is C23H20N6O2. The van der Waals surface area contributed by atoms with Gasteiger partial charge in [0.2, 0.25) is 5.89 Å². The van der Waals surface area contributed by atoms with Gasteiger partial charge in [-0.05, 0) is 60.4 Å². The van der Waals surface area contributed by atoms with Gasteiger partial charge in [-0.2, -0.15) is 0 Å². The van der Waals surface area contributed by atoms with E-state index in [2.05, 4.69) is 25.8 Å². The molecule has 0 unspecified atom stereocenters. The molecule has 6 rings (SSSR count). The highest BCUT2D eigenvalue weighted by Gasteiger charge is 2.34. The van der Waals surface area contributed by atoms with Crippen molar-refractivity contribution in [3.05, 3.63) is 66.1 Å². The molecule has 8 heteroatoms. The Kier molecular flexibility index (Phi) is 4.15. The Labute approximate surface area is 178 Å². The average Bonchev–Trinajstić information content (AvgIpc) is 3.74. The number of nitrogens with zero attached hydrogens (tertiary/aromatic N) is 5. The van der Waals surface area contributed by atoms with Gasteiger partial charge in [0.05, 0.1) is 6.04 Å². The Bertz CT molecular complexity index is 1250. The normalized spacial score (nSPS) is 15.7. The summed E-state index contributed by atoms with van der Waals surface area (Å²) in [6, 6.07) is 17.6. The summed E-state index contributed by atoms with van der Waals surface area (Å²) in [6.45, 7) is 0. The van der Waals surface area contributed by atoms with Crippen LogP contribution < -0.4 is 5.32 Å². The summed E-state index contributed by atoms with van der Waals surface area (Å²) in [6.07, 6.45) is 4.22. The number of benzene rings is 2. The Hall–Kier alpha value is -3.81. The van der Waals surface area contributed by atoms with Crippen molar-refractivity contribution in [2.75, 3.05) is 5.32 Å². The maximum absolute atomic E-state index is 13.1. The number of carbonyl (C=O) groups excluding carboxylic acids is 1. The lowest BCUT2D eigenvalue weighted by Gasteiger charge is -2.07. The maximum Gasteiger partial charge on any atom is 0.277 e. The highest BCUT2D eigenvalue weighted by atomic mass is 16.4. The maximum atomic E-state index is 13.1. The van der Waals surface area contributed by atoms with E-state index >= 15 is 0 Å². The largest absolute Gasteiger partial charge is 0.440 e. The molecule has 0 saturated heterocycles. The van der Waals surface area contributed by atoms with Crippen molar-refractivity contribution in [3.63, 3.8) is 0 Å². The fourth-order valence-electron chi connectivity index (χ4n) is 3.70. The Morgan fingerprint density at radius 1 is 1.00 bits per heavy atom. The molecule has 4 aromatic rings. The molecule has 0 atom stereocenters. The number of hydrogen-bond acceptors (Lipinski definition) is 6. The standard InChI is InChI=1S/C23H20N6O2/c30-22(19-20(14-9-10-14)31-23(25-19)15-5-2-1-3-6-15)24-17-8-4-7-16(13-17)21-26-27-28-29(21)18-11-12-18/h1-8,13-14,18H,9-12H2,(H,24,30). The summed E-state index contributed by atoms with van der Waals surface area (Å²) in [4.78, 5) is 17.7. The summed E-state index contributed by atoms with van der Waals surface area (Å²) in [5, 5.41) is 15.1. The molecule has 154 valence electrons. The molecule has 2 aliphatic carbocycles. The molecule has 0 aliphatic heterocycles. The number of aromatic nitrogens is 5. The van der Waals surface area contributed by atoms with Gasteiger partial charge < -0.3 is 9.73 Å². The summed E-state index contributed by atoms with van der Waals surface area (Å²) in [7, 11) is 0. The van der Waals surface area contributed by atoms with Gasteiger partial charge in [-0.15, -0.1) is 5.10 Å². The number of carbonyl (C=O) groups is 1. The van der Waals surface area contributed by atoms with E-state index in [0.717, 1.165) is 36.8 Å². The quantitative estimate of drug-likeness (QED) is 0.502. The van der Waals surface area contributed by atoms with E-state index in [4.69, 9.17) is 4.42 Å². The zero-order chi connectivity index (χ0) is 20.8. The first-order valence-electron chi connectivity index (χ1n) is 10.5. The van der Waals surface area contributed by atoms with Gasteiger partial charge in [0.1, 0.15) is 5.76 Å². The number of nitrogens with one attached hydrogen (secondary N) is 1. The lowest BCUT2D eigenvalue weighted by molar-refractivity contribution is 0.102. The van der Waals surface area contributed by atoms with Crippen molar-refractivity contribution >= 4 is 11.6 Å². The Balaban J connectivity index is 1.29. The van der Waals surface area contributed by atoms with Crippen molar-refractivity contribution in [3.8, 4) is 22.8 Å². The predicted molar refractivity (Wildman–Crippen MR) is 113 cm³/mol. The van der Waals surface area contributed by atoms with Crippen LogP contribution in [0.2, 0.25) is 0 Å². The minimum Gasteiger partial charge on any atom is -0.440 e. The third-order valence-corrected chi connectivity index (χ3v) is 5.60. The smallest absolute Gasteiger partial charge is 0.277 e. The van der Waals surface area contributed by atoms with E-state index in [0.29, 0.717) is 34.9 Å². The minimum atomic E-state index is -0.272. The van der Waals surface area contributed by atoms with E-state index in [1.165, 1.54) is 0 Å². The molecule has 0 spiro atoms. The molecule has 1 amide bonds. The number of oxazole rings is 1. The van der Waals surface area contributed by atoms with Crippen LogP contribution in [0, 0.1) is 0 Å². The van der Waals surface area contributed by atoms with Crippen LogP contribution in [0.25, 0.3) is 22.8 Å². The highest BCUT2D eigenvalue weighted by Crippen LogP contribution is 2.43. The van der Waals surface area contributed by atoms with Crippen LogP contribution in [0.5, 0.6) is 0 Å². The van der Waals surface area contributed by atoms with Crippen LogP contribution in [0.3, 0.4) is 0 Å². The van der Waals surface area contributed by atoms with Crippen LogP contribution in [0.15, 0.2) is 59.0 Å². The van der Waals surface area contributed by atoms with Gasteiger partial charge in [0.25, 0.3) is 5.91 Å². The Morgan fingerprint density at radius 3 is 2.58 bits per heavy atom. The number of anilines is 1. The van der Waals surface area contributed by atoms with Crippen LogP contribution in [0.1, 0.15) is 53.9 Å². The number of rotatable bonds is 6. The molecule has 2 saturated carbocycles. The first-order valence-corrected chi connectivity index (χ1v) is 10.5. The van der Waals surface area contributed by atoms with Gasteiger partial charge >= 0.3 is 0 Å². The molecule has 2 aromatic heterocycles. The lowest BCUT2D eigenvalue weighted by atomic mass is 10.1. The molecule has 2 heterocycles. The van der Waals surface area contributed by atoms with Gasteiger partial charge in [0, 0.05) is 22.7 Å². The second-order valence-electron chi connectivity index (χ2n) is 8.09. The summed E-state index contributed by atoms with van der Waals surface area (Å²) >= 11 is 0. The molecule has 2 aromatic carbocycles. The van der Waals surface area contributed by atoms with Gasteiger partial charge in [-0.3, -0.25) is 4.79 Å². The monoisotopic (exact) mass is 412 g/mol. The third-order valence-electron chi connectivity index (χ3n) is 5.60. The number of amides is 1. The minimum absolute atomic E-state index is 0.264. The molecule has 0 bridgehead atoms. The third kappa shape index (κ3) is 3.50. The van der Waals surface area contributed by atoms with Crippen molar-refractivity contribution < 1.29 is 9.21 Å². The van der Waals surface area contributed by atoms with E-state index in [1.54, 1.807) is 0 Å². The van der Waals surface area contributed by atoms with E-state index in [9.17, 15) is 4.79 Å². The predicted octanol–water partition coefficient (Wildman–Crippen LogP) is 4.46. The fourth-order valence-corrected chi connectivity index (χ4v) is 3.70. The molecule has 1 N–H and O–H groups in total. The SMILES string of the molecule is O=C(Nc1cccc(-c2nnnn2C2CC2)c1)c1nc(-c2ccccc2)oc1C1CC1. The molecule has 2 aliphatic rings. The summed E-state index contributed by atoms with van der Waals surface area (Å²) in [5.74, 6) is 1.85. The first-order chi connectivity index (χ1) is 15.3. The molecule has 2 fully saturated rings. The van der Waals surface area contributed by atoms with E-state index < -0.39 is 0 Å². The van der Waals surface area contributed by atoms with Crippen molar-refractivity contribution in [1.82, 2.24) is 25.2 Å². The fraction of sp³-hybridized carbons (Fsp3) is 0.261. The Morgan fingerprint density at radius 2 is 1.81 bits per heavy atom. The van der Waals surface area contributed by atoms with Gasteiger partial charge in [-0.1, -0.05) is 30.3 Å². The average molecular weight is 412 g/mol. The van der Waals surface area contributed by atoms with Crippen molar-refractivity contribution in [1.29, 1.82) is 0 Å². The number of tetrazole rings is 1. The first kappa shape index (κ1) is 18.0.